The lowest BCUT2D eigenvalue weighted by atomic mass is 10.1. The number of aliphatic imine (C=N–C) groups is 1. The predicted octanol–water partition coefficient (Wildman–Crippen LogP) is 3.14. The van der Waals surface area contributed by atoms with Crippen LogP contribution in [-0.2, 0) is 20.1 Å². The lowest BCUT2D eigenvalue weighted by molar-refractivity contribution is 0.472. The van der Waals surface area contributed by atoms with Gasteiger partial charge in [0.2, 0.25) is 0 Å². The van der Waals surface area contributed by atoms with Crippen molar-refractivity contribution in [2.75, 3.05) is 14.1 Å². The molecule has 1 aromatic carbocycles. The molecule has 0 aliphatic heterocycles. The highest BCUT2D eigenvalue weighted by Gasteiger charge is 2.15. The van der Waals surface area contributed by atoms with Crippen LogP contribution in [0.1, 0.15) is 36.8 Å². The number of aryl methyl sites for hydroxylation is 1. The van der Waals surface area contributed by atoms with Crippen molar-refractivity contribution in [3.05, 3.63) is 59.8 Å². The van der Waals surface area contributed by atoms with Gasteiger partial charge in [-0.3, -0.25) is 9.67 Å². The van der Waals surface area contributed by atoms with E-state index in [0.29, 0.717) is 12.5 Å². The topological polar surface area (TPSA) is 74.1 Å². The Morgan fingerprint density at radius 2 is 2.04 bits per heavy atom. The number of aromatic nitrogens is 4. The summed E-state index contributed by atoms with van der Waals surface area (Å²) in [6.45, 7) is 5.66. The Bertz CT molecular complexity index is 921. The maximum Gasteiger partial charge on any atom is 0.194 e. The molecule has 2 heterocycles. The van der Waals surface area contributed by atoms with E-state index in [-0.39, 0.29) is 0 Å². The maximum atomic E-state index is 4.59. The lowest BCUT2D eigenvalue weighted by Crippen LogP contribution is -2.38. The Morgan fingerprint density at radius 3 is 2.71 bits per heavy atom. The van der Waals surface area contributed by atoms with Gasteiger partial charge in [-0.15, -0.1) is 0 Å². The van der Waals surface area contributed by atoms with Gasteiger partial charge in [0.25, 0.3) is 0 Å². The molecule has 0 saturated carbocycles. The molecule has 3 aromatic rings. The number of imidazole rings is 1. The van der Waals surface area contributed by atoms with E-state index in [4.69, 9.17) is 0 Å². The van der Waals surface area contributed by atoms with Crippen LogP contribution in [0.3, 0.4) is 0 Å². The number of H-pyrrole nitrogens is 1. The molecule has 148 valence electrons. The summed E-state index contributed by atoms with van der Waals surface area (Å²) in [6, 6.07) is 10.2. The van der Waals surface area contributed by atoms with E-state index in [0.717, 1.165) is 35.3 Å². The molecule has 2 aromatic heterocycles. The molecule has 0 atom stereocenters. The molecule has 0 amide bonds. The third-order valence-corrected chi connectivity index (χ3v) is 4.59. The second kappa shape index (κ2) is 8.73. The molecule has 0 bridgehead atoms. The second-order valence-corrected chi connectivity index (χ2v) is 7.23. The molecule has 0 spiro atoms. The molecule has 0 aliphatic carbocycles. The minimum atomic E-state index is 0.388. The van der Waals surface area contributed by atoms with Gasteiger partial charge < -0.3 is 15.2 Å². The van der Waals surface area contributed by atoms with Crippen molar-refractivity contribution in [2.45, 2.75) is 32.9 Å². The Balaban J connectivity index is 1.63. The highest BCUT2D eigenvalue weighted by Crippen LogP contribution is 2.19. The van der Waals surface area contributed by atoms with Crippen LogP contribution in [0.15, 0.2) is 47.7 Å². The zero-order valence-corrected chi connectivity index (χ0v) is 17.3. The normalized spacial score (nSPS) is 11.9. The molecule has 7 nitrogen and oxygen atoms in total. The number of nitrogens with one attached hydrogen (secondary N) is 2. The fourth-order valence-corrected chi connectivity index (χ4v) is 3.26. The van der Waals surface area contributed by atoms with Crippen molar-refractivity contribution in [3.63, 3.8) is 0 Å². The Kier molecular flexibility index (Phi) is 6.13. The third kappa shape index (κ3) is 4.60. The zero-order chi connectivity index (χ0) is 20.1. The highest BCUT2D eigenvalue weighted by atomic mass is 15.3. The fraction of sp³-hybridized carbons (Fsp3) is 0.381. The van der Waals surface area contributed by atoms with Crippen LogP contribution in [0.25, 0.3) is 11.3 Å². The van der Waals surface area contributed by atoms with Gasteiger partial charge in [0.15, 0.2) is 5.96 Å². The summed E-state index contributed by atoms with van der Waals surface area (Å²) >= 11 is 0. The van der Waals surface area contributed by atoms with E-state index >= 15 is 0 Å². The van der Waals surface area contributed by atoms with Crippen LogP contribution in [-0.4, -0.2) is 44.7 Å². The standard InChI is InChI=1S/C21H29N7/c1-15(2)20-17(14-28(5)26-20)13-27(4)21(22-3)24-12-19-23-11-18(25-19)16-9-7-6-8-10-16/h6-11,14-15H,12-13H2,1-5H3,(H,22,24)(H,23,25). The zero-order valence-electron chi connectivity index (χ0n) is 17.3. The van der Waals surface area contributed by atoms with Crippen LogP contribution in [0.5, 0.6) is 0 Å². The summed E-state index contributed by atoms with van der Waals surface area (Å²) in [7, 11) is 5.79. The Morgan fingerprint density at radius 1 is 1.29 bits per heavy atom. The first kappa shape index (κ1) is 19.7. The molecular formula is C21H29N7. The summed E-state index contributed by atoms with van der Waals surface area (Å²) in [6.07, 6.45) is 3.95. The first-order chi connectivity index (χ1) is 13.5. The Hall–Kier alpha value is -3.09. The van der Waals surface area contributed by atoms with Crippen molar-refractivity contribution in [3.8, 4) is 11.3 Å². The molecule has 7 heteroatoms. The number of rotatable bonds is 6. The second-order valence-electron chi connectivity index (χ2n) is 7.23. The molecule has 0 saturated heterocycles. The molecule has 28 heavy (non-hydrogen) atoms. The van der Waals surface area contributed by atoms with E-state index < -0.39 is 0 Å². The number of hydrogen-bond acceptors (Lipinski definition) is 3. The number of nitrogens with zero attached hydrogens (tertiary/aromatic N) is 5. The molecule has 0 unspecified atom stereocenters. The van der Waals surface area contributed by atoms with E-state index in [1.54, 1.807) is 7.05 Å². The highest BCUT2D eigenvalue weighted by molar-refractivity contribution is 5.79. The summed E-state index contributed by atoms with van der Waals surface area (Å²) < 4.78 is 1.88. The molecule has 0 radical (unpaired) electrons. The Labute approximate surface area is 166 Å². The summed E-state index contributed by atoms with van der Waals surface area (Å²) in [4.78, 5) is 14.4. The summed E-state index contributed by atoms with van der Waals surface area (Å²) in [5.74, 6) is 2.08. The van der Waals surface area contributed by atoms with Gasteiger partial charge in [0.05, 0.1) is 24.1 Å². The third-order valence-electron chi connectivity index (χ3n) is 4.59. The first-order valence-corrected chi connectivity index (χ1v) is 9.51. The van der Waals surface area contributed by atoms with Crippen molar-refractivity contribution in [1.82, 2.24) is 30.0 Å². The van der Waals surface area contributed by atoms with Crippen LogP contribution in [0.2, 0.25) is 0 Å². The fourth-order valence-electron chi connectivity index (χ4n) is 3.26. The van der Waals surface area contributed by atoms with Crippen molar-refractivity contribution in [1.29, 1.82) is 0 Å². The average Bonchev–Trinajstić information content (AvgIpc) is 3.29. The van der Waals surface area contributed by atoms with Crippen LogP contribution in [0, 0.1) is 0 Å². The van der Waals surface area contributed by atoms with Crippen LogP contribution < -0.4 is 5.32 Å². The number of aromatic amines is 1. The average molecular weight is 380 g/mol. The smallest absolute Gasteiger partial charge is 0.194 e. The van der Waals surface area contributed by atoms with Gasteiger partial charge >= 0.3 is 0 Å². The van der Waals surface area contributed by atoms with Crippen molar-refractivity contribution in [2.24, 2.45) is 12.0 Å². The summed E-state index contributed by atoms with van der Waals surface area (Å²) in [5, 5.41) is 7.97. The molecule has 2 N–H and O–H groups in total. The minimum Gasteiger partial charge on any atom is -0.349 e. The van der Waals surface area contributed by atoms with Gasteiger partial charge in [0, 0.05) is 39.4 Å². The SMILES string of the molecule is CN=C(NCc1ncc(-c2ccccc2)[nH]1)N(C)Cc1cn(C)nc1C(C)C. The van der Waals surface area contributed by atoms with Crippen LogP contribution >= 0.6 is 0 Å². The van der Waals surface area contributed by atoms with Crippen molar-refractivity contribution < 1.29 is 0 Å². The maximum absolute atomic E-state index is 4.59. The van der Waals surface area contributed by atoms with E-state index in [2.05, 4.69) is 62.5 Å². The molecular weight excluding hydrogens is 350 g/mol. The van der Waals surface area contributed by atoms with Gasteiger partial charge in [-0.2, -0.15) is 5.10 Å². The first-order valence-electron chi connectivity index (χ1n) is 9.51. The van der Waals surface area contributed by atoms with Gasteiger partial charge in [0.1, 0.15) is 5.82 Å². The van der Waals surface area contributed by atoms with Crippen LogP contribution in [0.4, 0.5) is 0 Å². The minimum absolute atomic E-state index is 0.388. The van der Waals surface area contributed by atoms with Crippen molar-refractivity contribution >= 4 is 5.96 Å². The molecule has 0 fully saturated rings. The van der Waals surface area contributed by atoms with Gasteiger partial charge in [-0.05, 0) is 11.5 Å². The van der Waals surface area contributed by atoms with E-state index in [9.17, 15) is 0 Å². The quantitative estimate of drug-likeness (QED) is 0.510. The largest absolute Gasteiger partial charge is 0.349 e. The van der Waals surface area contributed by atoms with E-state index in [1.165, 1.54) is 5.56 Å². The monoisotopic (exact) mass is 379 g/mol. The number of guanidine groups is 1. The predicted molar refractivity (Wildman–Crippen MR) is 113 cm³/mol. The van der Waals surface area contributed by atoms with Gasteiger partial charge in [-0.25, -0.2) is 4.98 Å². The van der Waals surface area contributed by atoms with Gasteiger partial charge in [-0.1, -0.05) is 44.2 Å². The lowest BCUT2D eigenvalue weighted by Gasteiger charge is -2.22. The number of benzene rings is 1. The number of hydrogen-bond donors (Lipinski definition) is 2. The summed E-state index contributed by atoms with van der Waals surface area (Å²) in [5.41, 5.74) is 4.48. The molecule has 0 aliphatic rings. The van der Waals surface area contributed by atoms with E-state index in [1.807, 2.05) is 43.2 Å². The molecule has 3 rings (SSSR count).